The molecule has 4 heteroatoms. The number of aliphatic hydroxyl groups is 1. The van der Waals surface area contributed by atoms with Gasteiger partial charge in [0.05, 0.1) is 7.11 Å². The molecule has 0 bridgehead atoms. The average Bonchev–Trinajstić information content (AvgIpc) is 3.61. The zero-order valence-corrected chi connectivity index (χ0v) is 19.7. The highest BCUT2D eigenvalue weighted by atomic mass is 16.5. The molecule has 2 atom stereocenters. The normalized spacial score (nSPS) is 16.1. The van der Waals surface area contributed by atoms with E-state index in [1.807, 2.05) is 24.3 Å². The highest BCUT2D eigenvalue weighted by Crippen LogP contribution is 2.37. The Morgan fingerprint density at radius 3 is 2.06 bits per heavy atom. The second kappa shape index (κ2) is 9.49. The highest BCUT2D eigenvalue weighted by molar-refractivity contribution is 5.87. The fourth-order valence-corrected chi connectivity index (χ4v) is 4.53. The van der Waals surface area contributed by atoms with Crippen molar-refractivity contribution in [2.75, 3.05) is 7.11 Å². The predicted molar refractivity (Wildman–Crippen MR) is 136 cm³/mol. The third-order valence-corrected chi connectivity index (χ3v) is 6.60. The van der Waals surface area contributed by atoms with E-state index < -0.39 is 5.72 Å². The van der Waals surface area contributed by atoms with E-state index in [0.717, 1.165) is 30.8 Å². The van der Waals surface area contributed by atoms with Crippen LogP contribution in [0.1, 0.15) is 48.8 Å². The Balaban J connectivity index is 1.50. The minimum absolute atomic E-state index is 0.0679. The SMILES string of the molecule is CCC(NC1(O)CC1)Oc1ccc(C(c2ccc(OC)cc2)c2cccc3ccccc23)cc1. The molecule has 34 heavy (non-hydrogen) atoms. The molecule has 1 aliphatic rings. The lowest BCUT2D eigenvalue weighted by Gasteiger charge is -2.24. The number of rotatable bonds is 9. The Hall–Kier alpha value is -3.34. The lowest BCUT2D eigenvalue weighted by atomic mass is 9.83. The summed E-state index contributed by atoms with van der Waals surface area (Å²) < 4.78 is 11.5. The zero-order chi connectivity index (χ0) is 23.5. The molecule has 2 unspecified atom stereocenters. The van der Waals surface area contributed by atoms with Gasteiger partial charge < -0.3 is 14.6 Å². The van der Waals surface area contributed by atoms with Crippen LogP contribution in [-0.4, -0.2) is 24.2 Å². The standard InChI is InChI=1S/C30H31NO3/c1-3-28(31-30(32)19-20-30)34-25-17-13-23(14-18-25)29(22-11-15-24(33-2)16-12-22)27-10-6-8-21-7-4-5-9-26(21)27/h4-18,28-29,31-32H,3,19-20H2,1-2H3. The van der Waals surface area contributed by atoms with Gasteiger partial charge in [-0.3, -0.25) is 5.32 Å². The Morgan fingerprint density at radius 1 is 0.824 bits per heavy atom. The maximum Gasteiger partial charge on any atom is 0.152 e. The fourth-order valence-electron chi connectivity index (χ4n) is 4.53. The predicted octanol–water partition coefficient (Wildman–Crippen LogP) is 6.22. The summed E-state index contributed by atoms with van der Waals surface area (Å²) >= 11 is 0. The summed E-state index contributed by atoms with van der Waals surface area (Å²) in [5.74, 6) is 1.71. The second-order valence-corrected chi connectivity index (χ2v) is 9.03. The molecule has 1 fully saturated rings. The molecule has 2 N–H and O–H groups in total. The van der Waals surface area contributed by atoms with Crippen molar-refractivity contribution in [2.45, 2.75) is 44.1 Å². The molecule has 174 valence electrons. The Bertz CT molecular complexity index is 1240. The van der Waals surface area contributed by atoms with Gasteiger partial charge >= 0.3 is 0 Å². The number of fused-ring (bicyclic) bond motifs is 1. The van der Waals surface area contributed by atoms with Crippen LogP contribution in [0.5, 0.6) is 11.5 Å². The van der Waals surface area contributed by atoms with Gasteiger partial charge in [0.1, 0.15) is 17.2 Å². The first-order chi connectivity index (χ1) is 16.6. The van der Waals surface area contributed by atoms with Crippen molar-refractivity contribution in [1.82, 2.24) is 5.32 Å². The van der Waals surface area contributed by atoms with Crippen LogP contribution in [0.4, 0.5) is 0 Å². The molecule has 1 aliphatic carbocycles. The van der Waals surface area contributed by atoms with E-state index in [0.29, 0.717) is 0 Å². The molecule has 4 aromatic rings. The highest BCUT2D eigenvalue weighted by Gasteiger charge is 2.42. The van der Waals surface area contributed by atoms with Gasteiger partial charge in [-0.15, -0.1) is 0 Å². The molecule has 0 spiro atoms. The number of benzene rings is 4. The quantitative estimate of drug-likeness (QED) is 0.233. The van der Waals surface area contributed by atoms with Crippen LogP contribution >= 0.6 is 0 Å². The summed E-state index contributed by atoms with van der Waals surface area (Å²) in [6.07, 6.45) is 2.11. The molecule has 0 heterocycles. The van der Waals surface area contributed by atoms with Crippen molar-refractivity contribution in [3.63, 3.8) is 0 Å². The molecule has 0 radical (unpaired) electrons. The molecule has 0 aromatic heterocycles. The number of ether oxygens (including phenoxy) is 2. The van der Waals surface area contributed by atoms with Crippen molar-refractivity contribution in [1.29, 1.82) is 0 Å². The van der Waals surface area contributed by atoms with E-state index in [1.54, 1.807) is 7.11 Å². The Labute approximate surface area is 201 Å². The molecule has 4 aromatic carbocycles. The monoisotopic (exact) mass is 453 g/mol. The van der Waals surface area contributed by atoms with Gasteiger partial charge in [0.25, 0.3) is 0 Å². The van der Waals surface area contributed by atoms with Crippen molar-refractivity contribution in [3.05, 3.63) is 108 Å². The first-order valence-corrected chi connectivity index (χ1v) is 12.0. The van der Waals surface area contributed by atoms with Crippen LogP contribution < -0.4 is 14.8 Å². The van der Waals surface area contributed by atoms with Crippen molar-refractivity contribution < 1.29 is 14.6 Å². The molecule has 0 amide bonds. The van der Waals surface area contributed by atoms with Gasteiger partial charge in [-0.2, -0.15) is 0 Å². The topological polar surface area (TPSA) is 50.7 Å². The number of methoxy groups -OCH3 is 1. The summed E-state index contributed by atoms with van der Waals surface area (Å²) in [5, 5.41) is 15.9. The first-order valence-electron chi connectivity index (χ1n) is 12.0. The summed E-state index contributed by atoms with van der Waals surface area (Å²) in [7, 11) is 1.69. The Kier molecular flexibility index (Phi) is 6.27. The van der Waals surface area contributed by atoms with E-state index in [4.69, 9.17) is 9.47 Å². The molecular formula is C30H31NO3. The third kappa shape index (κ3) is 4.79. The van der Waals surface area contributed by atoms with E-state index >= 15 is 0 Å². The number of hydrogen-bond donors (Lipinski definition) is 2. The van der Waals surface area contributed by atoms with E-state index in [1.165, 1.54) is 27.5 Å². The van der Waals surface area contributed by atoms with E-state index in [2.05, 4.69) is 79.0 Å². The van der Waals surface area contributed by atoms with Crippen molar-refractivity contribution >= 4 is 10.8 Å². The summed E-state index contributed by atoms with van der Waals surface area (Å²) in [5.41, 5.74) is 2.90. The largest absolute Gasteiger partial charge is 0.497 e. The summed E-state index contributed by atoms with van der Waals surface area (Å²) in [6, 6.07) is 31.7. The van der Waals surface area contributed by atoms with Crippen molar-refractivity contribution in [3.8, 4) is 11.5 Å². The average molecular weight is 454 g/mol. The van der Waals surface area contributed by atoms with Gasteiger partial charge in [0.15, 0.2) is 6.23 Å². The van der Waals surface area contributed by atoms with Crippen LogP contribution in [0.15, 0.2) is 91.0 Å². The van der Waals surface area contributed by atoms with E-state index in [9.17, 15) is 5.11 Å². The maximum atomic E-state index is 10.2. The van der Waals surface area contributed by atoms with Gasteiger partial charge in [-0.05, 0) is 71.0 Å². The van der Waals surface area contributed by atoms with Gasteiger partial charge in [-0.1, -0.05) is 73.7 Å². The fraction of sp³-hybridized carbons (Fsp3) is 0.267. The molecular weight excluding hydrogens is 422 g/mol. The lowest BCUT2D eigenvalue weighted by molar-refractivity contribution is 0.0364. The smallest absolute Gasteiger partial charge is 0.152 e. The number of nitrogens with one attached hydrogen (secondary N) is 1. The zero-order valence-electron chi connectivity index (χ0n) is 19.7. The van der Waals surface area contributed by atoms with Gasteiger partial charge in [-0.25, -0.2) is 0 Å². The van der Waals surface area contributed by atoms with Crippen LogP contribution in [0.3, 0.4) is 0 Å². The summed E-state index contributed by atoms with van der Waals surface area (Å²) in [6.45, 7) is 2.05. The molecule has 5 rings (SSSR count). The molecule has 4 nitrogen and oxygen atoms in total. The summed E-state index contributed by atoms with van der Waals surface area (Å²) in [4.78, 5) is 0. The minimum Gasteiger partial charge on any atom is -0.497 e. The van der Waals surface area contributed by atoms with Crippen molar-refractivity contribution in [2.24, 2.45) is 0 Å². The van der Waals surface area contributed by atoms with Crippen LogP contribution in [0.25, 0.3) is 10.8 Å². The minimum atomic E-state index is -0.756. The van der Waals surface area contributed by atoms with E-state index in [-0.39, 0.29) is 12.1 Å². The maximum absolute atomic E-state index is 10.2. The molecule has 0 aliphatic heterocycles. The van der Waals surface area contributed by atoms with Crippen LogP contribution in [-0.2, 0) is 0 Å². The number of hydrogen-bond acceptors (Lipinski definition) is 4. The van der Waals surface area contributed by atoms with Crippen LogP contribution in [0, 0.1) is 0 Å². The molecule has 0 saturated heterocycles. The first kappa shape index (κ1) is 22.5. The van der Waals surface area contributed by atoms with Gasteiger partial charge in [0.2, 0.25) is 0 Å². The molecule has 1 saturated carbocycles. The van der Waals surface area contributed by atoms with Gasteiger partial charge in [0, 0.05) is 5.92 Å². The lowest BCUT2D eigenvalue weighted by Crippen LogP contribution is -2.43. The van der Waals surface area contributed by atoms with Crippen LogP contribution in [0.2, 0.25) is 0 Å². The second-order valence-electron chi connectivity index (χ2n) is 9.03. The third-order valence-electron chi connectivity index (χ3n) is 6.60. The Morgan fingerprint density at radius 2 is 1.44 bits per heavy atom.